The van der Waals surface area contributed by atoms with E-state index in [1.807, 2.05) is 34.9 Å². The molecule has 0 aliphatic carbocycles. The Morgan fingerprint density at radius 3 is 2.74 bits per heavy atom. The topological polar surface area (TPSA) is 84.2 Å². The highest BCUT2D eigenvalue weighted by molar-refractivity contribution is 5.91. The molecule has 6 heteroatoms. The van der Waals surface area contributed by atoms with Gasteiger partial charge in [0.15, 0.2) is 11.6 Å². The van der Waals surface area contributed by atoms with Crippen LogP contribution in [0.15, 0.2) is 30.3 Å². The summed E-state index contributed by atoms with van der Waals surface area (Å²) in [6, 6.07) is 9.38. The molecule has 23 heavy (non-hydrogen) atoms. The number of rotatable bonds is 5. The summed E-state index contributed by atoms with van der Waals surface area (Å²) >= 11 is 0. The van der Waals surface area contributed by atoms with E-state index in [0.29, 0.717) is 25.3 Å². The monoisotopic (exact) mass is 313 g/mol. The van der Waals surface area contributed by atoms with Crippen LogP contribution in [0.25, 0.3) is 0 Å². The molecule has 0 saturated heterocycles. The van der Waals surface area contributed by atoms with E-state index in [-0.39, 0.29) is 5.78 Å². The summed E-state index contributed by atoms with van der Waals surface area (Å²) in [6.45, 7) is 2.49. The van der Waals surface area contributed by atoms with Crippen molar-refractivity contribution in [2.75, 3.05) is 0 Å². The van der Waals surface area contributed by atoms with Gasteiger partial charge in [-0.05, 0) is 12.0 Å². The van der Waals surface area contributed by atoms with Crippen molar-refractivity contribution in [3.05, 3.63) is 53.1 Å². The highest BCUT2D eigenvalue weighted by Crippen LogP contribution is 2.20. The predicted molar refractivity (Wildman–Crippen MR) is 84.3 cm³/mol. The smallest absolute Gasteiger partial charge is 0.321 e. The summed E-state index contributed by atoms with van der Waals surface area (Å²) < 4.78 is 1.89. The Hall–Kier alpha value is -2.47. The van der Waals surface area contributed by atoms with E-state index in [2.05, 4.69) is 10.3 Å². The van der Waals surface area contributed by atoms with Gasteiger partial charge in [0.2, 0.25) is 0 Å². The Morgan fingerprint density at radius 1 is 1.35 bits per heavy atom. The summed E-state index contributed by atoms with van der Waals surface area (Å²) in [7, 11) is 0. The van der Waals surface area contributed by atoms with Crippen molar-refractivity contribution in [2.24, 2.45) is 0 Å². The summed E-state index contributed by atoms with van der Waals surface area (Å²) in [5.41, 5.74) is 2.81. The van der Waals surface area contributed by atoms with Crippen LogP contribution in [0.5, 0.6) is 0 Å². The molecule has 0 bridgehead atoms. The van der Waals surface area contributed by atoms with Crippen LogP contribution in [0.3, 0.4) is 0 Å². The Balaban J connectivity index is 1.89. The number of nitrogens with one attached hydrogen (secondary N) is 1. The van der Waals surface area contributed by atoms with Crippen molar-refractivity contribution < 1.29 is 14.7 Å². The molecule has 1 aliphatic heterocycles. The molecule has 6 nitrogen and oxygen atoms in total. The first-order valence-electron chi connectivity index (χ1n) is 7.65. The zero-order chi connectivity index (χ0) is 16.4. The number of Topliss-reactive ketones (excluding diaryl/α,β-unsaturated/α-hetero) is 1. The molecule has 1 atom stereocenters. The Bertz CT molecular complexity index is 737. The number of aryl methyl sites for hydroxylation is 1. The van der Waals surface area contributed by atoms with Gasteiger partial charge in [0.25, 0.3) is 0 Å². The van der Waals surface area contributed by atoms with Gasteiger partial charge in [-0.2, -0.15) is 0 Å². The van der Waals surface area contributed by atoms with Crippen LogP contribution in [0, 0.1) is 0 Å². The maximum Gasteiger partial charge on any atom is 0.321 e. The van der Waals surface area contributed by atoms with Crippen LogP contribution >= 0.6 is 0 Å². The standard InChI is InChI=1S/C17H19N3O3/c1-11(21)16-19-14-10-18-13(17(22)23)9-15(14)20(16)8-7-12-5-3-2-4-6-12/h2-6,13,18H,7-10H2,1H3,(H,22,23). The largest absolute Gasteiger partial charge is 0.480 e. The van der Waals surface area contributed by atoms with Crippen molar-refractivity contribution in [3.8, 4) is 0 Å². The highest BCUT2D eigenvalue weighted by Gasteiger charge is 2.29. The molecule has 0 spiro atoms. The fourth-order valence-electron chi connectivity index (χ4n) is 2.96. The number of nitrogens with zero attached hydrogens (tertiary/aromatic N) is 2. The van der Waals surface area contributed by atoms with Gasteiger partial charge in [-0.25, -0.2) is 4.98 Å². The molecule has 0 amide bonds. The van der Waals surface area contributed by atoms with Gasteiger partial charge in [0, 0.05) is 32.1 Å². The quantitative estimate of drug-likeness (QED) is 0.816. The number of benzene rings is 1. The SMILES string of the molecule is CC(=O)c1nc2c(n1CCc1ccccc1)CC(C(=O)O)NC2. The molecule has 0 fully saturated rings. The molecule has 2 N–H and O–H groups in total. The van der Waals surface area contributed by atoms with Gasteiger partial charge in [-0.1, -0.05) is 30.3 Å². The maximum absolute atomic E-state index is 11.9. The number of hydrogen-bond acceptors (Lipinski definition) is 4. The molecule has 1 aromatic carbocycles. The fourth-order valence-corrected chi connectivity index (χ4v) is 2.96. The molecule has 1 aromatic heterocycles. The van der Waals surface area contributed by atoms with Crippen molar-refractivity contribution in [3.63, 3.8) is 0 Å². The average molecular weight is 313 g/mol. The second kappa shape index (κ2) is 6.34. The number of carbonyl (C=O) groups is 2. The highest BCUT2D eigenvalue weighted by atomic mass is 16.4. The van der Waals surface area contributed by atoms with Crippen molar-refractivity contribution >= 4 is 11.8 Å². The normalized spacial score (nSPS) is 16.8. The van der Waals surface area contributed by atoms with E-state index >= 15 is 0 Å². The number of fused-ring (bicyclic) bond motifs is 1. The summed E-state index contributed by atoms with van der Waals surface area (Å²) in [5.74, 6) is -0.561. The minimum atomic E-state index is -0.879. The summed E-state index contributed by atoms with van der Waals surface area (Å²) in [4.78, 5) is 27.5. The van der Waals surface area contributed by atoms with Crippen LogP contribution in [0.1, 0.15) is 34.5 Å². The Labute approximate surface area is 134 Å². The number of carboxylic acid groups (broad SMARTS) is 1. The number of carbonyl (C=O) groups excluding carboxylic acids is 1. The molecule has 120 valence electrons. The van der Waals surface area contributed by atoms with Gasteiger partial charge in [0.1, 0.15) is 6.04 Å². The van der Waals surface area contributed by atoms with E-state index in [4.69, 9.17) is 0 Å². The van der Waals surface area contributed by atoms with E-state index in [9.17, 15) is 14.7 Å². The van der Waals surface area contributed by atoms with Gasteiger partial charge in [-0.15, -0.1) is 0 Å². The molecular weight excluding hydrogens is 294 g/mol. The molecule has 2 heterocycles. The molecular formula is C17H19N3O3. The molecule has 0 saturated carbocycles. The van der Waals surface area contributed by atoms with Crippen molar-refractivity contribution in [1.82, 2.24) is 14.9 Å². The third-order valence-electron chi connectivity index (χ3n) is 4.15. The molecule has 2 aromatic rings. The molecule has 1 aliphatic rings. The minimum absolute atomic E-state index is 0.0978. The summed E-state index contributed by atoms with van der Waals surface area (Å²) in [6.07, 6.45) is 1.12. The Morgan fingerprint density at radius 2 is 2.09 bits per heavy atom. The third-order valence-corrected chi connectivity index (χ3v) is 4.15. The predicted octanol–water partition coefficient (Wildman–Crippen LogP) is 1.43. The zero-order valence-electron chi connectivity index (χ0n) is 13.0. The molecule has 1 unspecified atom stereocenters. The second-order valence-electron chi connectivity index (χ2n) is 5.75. The number of ketones is 1. The molecule has 0 radical (unpaired) electrons. The van der Waals surface area contributed by atoms with Crippen LogP contribution in [-0.4, -0.2) is 32.5 Å². The number of aliphatic carboxylic acids is 1. The van der Waals surface area contributed by atoms with Crippen LogP contribution in [0.2, 0.25) is 0 Å². The van der Waals surface area contributed by atoms with Gasteiger partial charge in [0.05, 0.1) is 5.69 Å². The van der Waals surface area contributed by atoms with Crippen molar-refractivity contribution in [2.45, 2.75) is 38.9 Å². The minimum Gasteiger partial charge on any atom is -0.480 e. The maximum atomic E-state index is 11.9. The van der Waals surface area contributed by atoms with E-state index in [1.165, 1.54) is 12.5 Å². The fraction of sp³-hybridized carbons (Fsp3) is 0.353. The first-order valence-corrected chi connectivity index (χ1v) is 7.65. The lowest BCUT2D eigenvalue weighted by Gasteiger charge is -2.21. The Kier molecular flexibility index (Phi) is 4.25. The lowest BCUT2D eigenvalue weighted by molar-refractivity contribution is -0.139. The van der Waals surface area contributed by atoms with Crippen LogP contribution in [-0.2, 0) is 30.7 Å². The summed E-state index contributed by atoms with van der Waals surface area (Å²) in [5, 5.41) is 12.2. The van der Waals surface area contributed by atoms with Crippen LogP contribution < -0.4 is 5.32 Å². The van der Waals surface area contributed by atoms with E-state index in [0.717, 1.165) is 17.8 Å². The molecule has 3 rings (SSSR count). The third kappa shape index (κ3) is 3.17. The first-order chi connectivity index (χ1) is 11.1. The van der Waals surface area contributed by atoms with Gasteiger partial charge in [-0.3, -0.25) is 14.9 Å². The number of imidazole rings is 1. The van der Waals surface area contributed by atoms with Crippen LogP contribution in [0.4, 0.5) is 0 Å². The number of carboxylic acids is 1. The second-order valence-corrected chi connectivity index (χ2v) is 5.75. The van der Waals surface area contributed by atoms with E-state index < -0.39 is 12.0 Å². The lowest BCUT2D eigenvalue weighted by Crippen LogP contribution is -2.42. The number of aromatic nitrogens is 2. The zero-order valence-corrected chi connectivity index (χ0v) is 13.0. The first kappa shape index (κ1) is 15.4. The van der Waals surface area contributed by atoms with Gasteiger partial charge >= 0.3 is 5.97 Å². The van der Waals surface area contributed by atoms with Gasteiger partial charge < -0.3 is 9.67 Å². The van der Waals surface area contributed by atoms with E-state index in [1.54, 1.807) is 0 Å². The number of hydrogen-bond donors (Lipinski definition) is 2. The lowest BCUT2D eigenvalue weighted by atomic mass is 10.0. The average Bonchev–Trinajstić information content (AvgIpc) is 2.92. The van der Waals surface area contributed by atoms with Crippen molar-refractivity contribution in [1.29, 1.82) is 0 Å².